The molecule has 0 radical (unpaired) electrons. The van der Waals surface area contributed by atoms with Gasteiger partial charge in [-0.25, -0.2) is 8.42 Å². The molecule has 0 fully saturated rings. The summed E-state index contributed by atoms with van der Waals surface area (Å²) >= 11 is 0. The number of hydrogen-bond donors (Lipinski definition) is 1. The van der Waals surface area contributed by atoms with Crippen molar-refractivity contribution in [2.75, 3.05) is 5.32 Å². The van der Waals surface area contributed by atoms with Crippen LogP contribution in [-0.4, -0.2) is 18.9 Å². The van der Waals surface area contributed by atoms with Gasteiger partial charge in [-0.3, -0.25) is 4.79 Å². The van der Waals surface area contributed by atoms with Crippen LogP contribution in [0, 0.1) is 0 Å². The molecule has 2 rings (SSSR count). The predicted molar refractivity (Wildman–Crippen MR) is 68.6 cm³/mol. The Bertz CT molecular complexity index is 745. The van der Waals surface area contributed by atoms with Crippen LogP contribution in [0.25, 0.3) is 10.8 Å². The van der Waals surface area contributed by atoms with Gasteiger partial charge < -0.3 is 14.1 Å². The summed E-state index contributed by atoms with van der Waals surface area (Å²) in [5, 5.41) is 3.89. The van der Waals surface area contributed by atoms with Gasteiger partial charge in [0.25, 0.3) is 10.4 Å². The van der Waals surface area contributed by atoms with Crippen LogP contribution in [0.5, 0.6) is 5.75 Å². The quantitative estimate of drug-likeness (QED) is 0.428. The topological polar surface area (TPSA) is 95.5 Å². The first kappa shape index (κ1) is 17.6. The number of carbonyl (C=O) groups excluding carboxylic acids is 1. The average molecular weight is 319 g/mol. The summed E-state index contributed by atoms with van der Waals surface area (Å²) in [4.78, 5) is 11.1. The van der Waals surface area contributed by atoms with Crippen molar-refractivity contribution in [2.45, 2.75) is 6.92 Å². The van der Waals surface area contributed by atoms with Crippen molar-refractivity contribution in [3.8, 4) is 5.75 Å². The Labute approximate surface area is 158 Å². The average Bonchev–Trinajstić information content (AvgIpc) is 2.27. The molecule has 0 aliphatic rings. The molecule has 1 amide bonds. The largest absolute Gasteiger partial charge is 1.00 e. The minimum Gasteiger partial charge on any atom is -0.716 e. The second-order valence-corrected chi connectivity index (χ2v) is 4.85. The van der Waals surface area contributed by atoms with Crippen LogP contribution in [-0.2, 0) is 15.2 Å². The van der Waals surface area contributed by atoms with Gasteiger partial charge in [0.1, 0.15) is 0 Å². The second kappa shape index (κ2) is 6.99. The Morgan fingerprint density at radius 1 is 1.20 bits per heavy atom. The van der Waals surface area contributed by atoms with Crippen LogP contribution in [0.2, 0.25) is 0 Å². The first-order valence-electron chi connectivity index (χ1n) is 5.31. The molecule has 0 heterocycles. The summed E-state index contributed by atoms with van der Waals surface area (Å²) in [5.74, 6) is -0.604. The fourth-order valence-electron chi connectivity index (χ4n) is 1.69. The first-order chi connectivity index (χ1) is 8.85. The van der Waals surface area contributed by atoms with E-state index >= 15 is 0 Å². The molecule has 0 unspecified atom stereocenters. The maximum atomic E-state index is 11.1. The Morgan fingerprint density at radius 2 is 1.75 bits per heavy atom. The fraction of sp³-hybridized carbons (Fsp3) is 0.0833. The van der Waals surface area contributed by atoms with E-state index in [4.69, 9.17) is 0 Å². The van der Waals surface area contributed by atoms with Gasteiger partial charge in [-0.05, 0) is 22.9 Å². The van der Waals surface area contributed by atoms with E-state index < -0.39 is 16.3 Å². The normalized spacial score (nSPS) is 10.7. The van der Waals surface area contributed by atoms with E-state index in [-0.39, 0.29) is 62.8 Å². The van der Waals surface area contributed by atoms with Crippen molar-refractivity contribution < 1.29 is 73.3 Å². The fourth-order valence-corrected chi connectivity index (χ4v) is 2.04. The van der Waals surface area contributed by atoms with Crippen molar-refractivity contribution in [2.24, 2.45) is 0 Å². The molecule has 2 aromatic rings. The Hall–Kier alpha value is -0.484. The zero-order valence-electron chi connectivity index (χ0n) is 10.9. The van der Waals surface area contributed by atoms with Gasteiger partial charge in [0.2, 0.25) is 5.91 Å². The van der Waals surface area contributed by atoms with E-state index in [1.54, 1.807) is 24.3 Å². The summed E-state index contributed by atoms with van der Waals surface area (Å²) in [6, 6.07) is 10.0. The van der Waals surface area contributed by atoms with Crippen LogP contribution in [0.3, 0.4) is 0 Å². The van der Waals surface area contributed by atoms with Crippen LogP contribution in [0.1, 0.15) is 6.92 Å². The van der Waals surface area contributed by atoms with Gasteiger partial charge in [0.15, 0.2) is 5.75 Å². The molecule has 0 saturated heterocycles. The number of fused-ring (bicyclic) bond motifs is 1. The molecular formula is C12H10KNO5S. The molecule has 2 aromatic carbocycles. The molecule has 6 nitrogen and oxygen atoms in total. The van der Waals surface area contributed by atoms with E-state index in [0.29, 0.717) is 5.39 Å². The van der Waals surface area contributed by atoms with Crippen molar-refractivity contribution in [1.82, 2.24) is 0 Å². The summed E-state index contributed by atoms with van der Waals surface area (Å²) < 4.78 is 36.4. The molecule has 8 heteroatoms. The van der Waals surface area contributed by atoms with Crippen LogP contribution < -0.4 is 60.9 Å². The van der Waals surface area contributed by atoms with Crippen LogP contribution in [0.15, 0.2) is 36.4 Å². The third kappa shape index (κ3) is 4.81. The molecule has 100 valence electrons. The van der Waals surface area contributed by atoms with E-state index in [2.05, 4.69) is 9.50 Å². The molecule has 0 aliphatic carbocycles. The minimum absolute atomic E-state index is 0. The smallest absolute Gasteiger partial charge is 0.716 e. The van der Waals surface area contributed by atoms with Crippen molar-refractivity contribution in [3.05, 3.63) is 36.4 Å². The standard InChI is InChI=1S/C12H11NO5S.K/c1-8(14)13-11-6-9-4-2-3-5-10(9)7-12(11)18-19(15,16)17;/h2-7H,1H3,(H,13,14)(H,15,16,17);/q;+1/p-1. The summed E-state index contributed by atoms with van der Waals surface area (Å²) in [5.41, 5.74) is 0.130. The number of anilines is 1. The molecule has 0 bridgehead atoms. The van der Waals surface area contributed by atoms with E-state index in [1.807, 2.05) is 0 Å². The predicted octanol–water partition coefficient (Wildman–Crippen LogP) is -1.36. The molecule has 0 aliphatic heterocycles. The molecule has 0 saturated carbocycles. The van der Waals surface area contributed by atoms with Gasteiger partial charge in [0, 0.05) is 6.92 Å². The van der Waals surface area contributed by atoms with E-state index in [1.165, 1.54) is 19.1 Å². The van der Waals surface area contributed by atoms with E-state index in [0.717, 1.165) is 5.39 Å². The molecule has 0 atom stereocenters. The Morgan fingerprint density at radius 3 is 2.25 bits per heavy atom. The zero-order valence-corrected chi connectivity index (χ0v) is 14.9. The van der Waals surface area contributed by atoms with Gasteiger partial charge in [-0.15, -0.1) is 0 Å². The molecular weight excluding hydrogens is 309 g/mol. The first-order valence-corrected chi connectivity index (χ1v) is 6.64. The molecule has 1 N–H and O–H groups in total. The number of carbonyl (C=O) groups is 1. The number of nitrogens with one attached hydrogen (secondary N) is 1. The van der Waals surface area contributed by atoms with Crippen LogP contribution in [0.4, 0.5) is 5.69 Å². The third-order valence-corrected chi connectivity index (χ3v) is 2.73. The second-order valence-electron chi connectivity index (χ2n) is 3.87. The molecule has 20 heavy (non-hydrogen) atoms. The monoisotopic (exact) mass is 319 g/mol. The van der Waals surface area contributed by atoms with E-state index in [9.17, 15) is 17.8 Å². The zero-order chi connectivity index (χ0) is 14.0. The molecule has 0 spiro atoms. The summed E-state index contributed by atoms with van der Waals surface area (Å²) in [6.07, 6.45) is 0. The molecule has 0 aromatic heterocycles. The minimum atomic E-state index is -4.91. The van der Waals surface area contributed by atoms with Crippen molar-refractivity contribution >= 4 is 32.8 Å². The number of rotatable bonds is 3. The summed E-state index contributed by atoms with van der Waals surface area (Å²) in [6.45, 7) is 1.27. The van der Waals surface area contributed by atoms with Crippen LogP contribution >= 0.6 is 0 Å². The van der Waals surface area contributed by atoms with Gasteiger partial charge in [-0.1, -0.05) is 24.3 Å². The number of amides is 1. The number of hydrogen-bond acceptors (Lipinski definition) is 5. The summed E-state index contributed by atoms with van der Waals surface area (Å²) in [7, 11) is -4.91. The Kier molecular flexibility index (Phi) is 6.14. The SMILES string of the molecule is CC(=O)Nc1cc2ccccc2cc1OS(=O)(=O)[O-].[K+]. The van der Waals surface area contributed by atoms with Crippen molar-refractivity contribution in [3.63, 3.8) is 0 Å². The van der Waals surface area contributed by atoms with Gasteiger partial charge in [-0.2, -0.15) is 0 Å². The van der Waals surface area contributed by atoms with Gasteiger partial charge >= 0.3 is 51.4 Å². The third-order valence-electron chi connectivity index (χ3n) is 2.35. The van der Waals surface area contributed by atoms with Gasteiger partial charge in [0.05, 0.1) is 5.69 Å². The maximum absolute atomic E-state index is 11.1. The number of benzene rings is 2. The maximum Gasteiger partial charge on any atom is 1.00 e. The van der Waals surface area contributed by atoms with Crippen molar-refractivity contribution in [1.29, 1.82) is 0 Å². The Balaban J connectivity index is 0.00000200.